The Bertz CT molecular complexity index is 819. The van der Waals surface area contributed by atoms with E-state index in [9.17, 15) is 9.18 Å². The van der Waals surface area contributed by atoms with Gasteiger partial charge in [0.15, 0.2) is 0 Å². The maximum atomic E-state index is 14.2. The van der Waals surface area contributed by atoms with Crippen molar-refractivity contribution >= 4 is 5.97 Å². The number of nitrogens with one attached hydrogen (secondary N) is 1. The second-order valence-corrected chi connectivity index (χ2v) is 6.41. The predicted molar refractivity (Wildman–Crippen MR) is 98.8 cm³/mol. The molecule has 1 unspecified atom stereocenters. The fourth-order valence-electron chi connectivity index (χ4n) is 3.42. The van der Waals surface area contributed by atoms with E-state index in [2.05, 4.69) is 5.32 Å². The van der Waals surface area contributed by atoms with Crippen molar-refractivity contribution in [1.82, 2.24) is 5.32 Å². The van der Waals surface area contributed by atoms with Crippen LogP contribution in [0.3, 0.4) is 0 Å². The van der Waals surface area contributed by atoms with Crippen molar-refractivity contribution in [3.8, 4) is 16.9 Å². The molecule has 0 saturated heterocycles. The number of ether oxygens (including phenoxy) is 2. The van der Waals surface area contributed by atoms with Gasteiger partial charge in [0.05, 0.1) is 19.6 Å². The van der Waals surface area contributed by atoms with Gasteiger partial charge in [-0.1, -0.05) is 12.1 Å². The third-order valence-electron chi connectivity index (χ3n) is 4.88. The molecule has 0 spiro atoms. The molecule has 26 heavy (non-hydrogen) atoms. The van der Waals surface area contributed by atoms with Crippen molar-refractivity contribution in [1.29, 1.82) is 0 Å². The van der Waals surface area contributed by atoms with Crippen molar-refractivity contribution in [2.45, 2.75) is 32.7 Å². The summed E-state index contributed by atoms with van der Waals surface area (Å²) in [5, 5.41) is 3.31. The number of hydrogen-bond acceptors (Lipinski definition) is 4. The molecular formula is C21H24FNO3. The Morgan fingerprint density at radius 3 is 2.77 bits per heavy atom. The first kappa shape index (κ1) is 18.4. The van der Waals surface area contributed by atoms with Crippen molar-refractivity contribution in [3.63, 3.8) is 0 Å². The number of halogens is 1. The Labute approximate surface area is 153 Å². The van der Waals surface area contributed by atoms with Gasteiger partial charge in [-0.15, -0.1) is 0 Å². The monoisotopic (exact) mass is 357 g/mol. The zero-order valence-corrected chi connectivity index (χ0v) is 15.4. The molecule has 4 nitrogen and oxygen atoms in total. The molecule has 3 rings (SSSR count). The Hall–Kier alpha value is -2.40. The molecule has 1 heterocycles. The van der Waals surface area contributed by atoms with Gasteiger partial charge in [-0.2, -0.15) is 0 Å². The minimum atomic E-state index is -0.381. The Kier molecular flexibility index (Phi) is 5.57. The highest BCUT2D eigenvalue weighted by Gasteiger charge is 2.22. The summed E-state index contributed by atoms with van der Waals surface area (Å²) in [5.74, 6) is -0.107. The molecule has 1 atom stereocenters. The van der Waals surface area contributed by atoms with E-state index in [0.717, 1.165) is 34.4 Å². The van der Waals surface area contributed by atoms with E-state index in [1.807, 2.05) is 25.1 Å². The van der Waals surface area contributed by atoms with Gasteiger partial charge in [0, 0.05) is 12.1 Å². The number of carbonyl (C=O) groups excluding carboxylic acids is 1. The molecule has 0 radical (unpaired) electrons. The first-order chi connectivity index (χ1) is 12.6. The Morgan fingerprint density at radius 2 is 2.04 bits per heavy atom. The maximum Gasteiger partial charge on any atom is 0.313 e. The van der Waals surface area contributed by atoms with Crippen molar-refractivity contribution in [3.05, 3.63) is 52.8 Å². The largest absolute Gasteiger partial charge is 0.496 e. The summed E-state index contributed by atoms with van der Waals surface area (Å²) < 4.78 is 24.9. The third kappa shape index (κ3) is 3.44. The minimum Gasteiger partial charge on any atom is -0.496 e. The molecule has 1 aliphatic heterocycles. The second kappa shape index (κ2) is 7.87. The van der Waals surface area contributed by atoms with Gasteiger partial charge in [-0.25, -0.2) is 4.39 Å². The van der Waals surface area contributed by atoms with Gasteiger partial charge < -0.3 is 14.8 Å². The first-order valence-corrected chi connectivity index (χ1v) is 8.92. The highest BCUT2D eigenvalue weighted by atomic mass is 19.1. The van der Waals surface area contributed by atoms with Gasteiger partial charge in [0.2, 0.25) is 0 Å². The molecular weight excluding hydrogens is 333 g/mol. The summed E-state index contributed by atoms with van der Waals surface area (Å²) >= 11 is 0. The van der Waals surface area contributed by atoms with Gasteiger partial charge in [-0.05, 0) is 67.3 Å². The zero-order valence-electron chi connectivity index (χ0n) is 15.4. The Balaban J connectivity index is 2.10. The molecule has 2 aromatic rings. The van der Waals surface area contributed by atoms with E-state index in [1.54, 1.807) is 20.1 Å². The number of rotatable bonds is 5. The lowest BCUT2D eigenvalue weighted by Crippen LogP contribution is -2.25. The molecule has 0 bridgehead atoms. The number of carbonyl (C=O) groups is 1. The maximum absolute atomic E-state index is 14.2. The second-order valence-electron chi connectivity index (χ2n) is 6.41. The molecule has 0 aliphatic carbocycles. The number of esters is 1. The SMILES string of the molecule is CCOC(=O)C(C)c1ccc(OC)c(-c2ccc(F)c3c2CNCC3)c1. The van der Waals surface area contributed by atoms with Gasteiger partial charge in [0.1, 0.15) is 11.6 Å². The molecule has 1 aliphatic rings. The quantitative estimate of drug-likeness (QED) is 0.827. The van der Waals surface area contributed by atoms with Gasteiger partial charge >= 0.3 is 5.97 Å². The minimum absolute atomic E-state index is 0.166. The number of fused-ring (bicyclic) bond motifs is 1. The molecule has 0 fully saturated rings. The zero-order chi connectivity index (χ0) is 18.7. The van der Waals surface area contributed by atoms with Crippen LogP contribution in [0.2, 0.25) is 0 Å². The van der Waals surface area contributed by atoms with Crippen molar-refractivity contribution in [2.24, 2.45) is 0 Å². The fourth-order valence-corrected chi connectivity index (χ4v) is 3.42. The fraction of sp³-hybridized carbons (Fsp3) is 0.381. The highest BCUT2D eigenvalue weighted by Crippen LogP contribution is 2.37. The third-order valence-corrected chi connectivity index (χ3v) is 4.88. The molecule has 0 saturated carbocycles. The van der Waals surface area contributed by atoms with Crippen LogP contribution in [0, 0.1) is 5.82 Å². The van der Waals surface area contributed by atoms with Crippen LogP contribution in [0.5, 0.6) is 5.75 Å². The molecule has 5 heteroatoms. The lowest BCUT2D eigenvalue weighted by Gasteiger charge is -2.23. The topological polar surface area (TPSA) is 47.6 Å². The summed E-state index contributed by atoms with van der Waals surface area (Å²) in [6.45, 7) is 5.35. The van der Waals surface area contributed by atoms with E-state index < -0.39 is 0 Å². The number of benzene rings is 2. The normalized spacial score (nSPS) is 14.5. The van der Waals surface area contributed by atoms with Crippen LogP contribution in [0.4, 0.5) is 4.39 Å². The summed E-state index contributed by atoms with van der Waals surface area (Å²) in [4.78, 5) is 12.1. The van der Waals surface area contributed by atoms with Crippen LogP contribution < -0.4 is 10.1 Å². The molecule has 2 aromatic carbocycles. The van der Waals surface area contributed by atoms with Crippen LogP contribution >= 0.6 is 0 Å². The summed E-state index contributed by atoms with van der Waals surface area (Å²) in [5.41, 5.74) is 4.35. The summed E-state index contributed by atoms with van der Waals surface area (Å²) in [6.07, 6.45) is 0.663. The van der Waals surface area contributed by atoms with Crippen LogP contribution in [-0.4, -0.2) is 26.2 Å². The molecule has 0 aromatic heterocycles. The van der Waals surface area contributed by atoms with Gasteiger partial charge in [0.25, 0.3) is 0 Å². The van der Waals surface area contributed by atoms with E-state index in [4.69, 9.17) is 9.47 Å². The average molecular weight is 357 g/mol. The smallest absolute Gasteiger partial charge is 0.313 e. The standard InChI is InChI=1S/C21H24FNO3/c1-4-26-21(24)13(2)14-5-8-20(25-3)17(11-14)15-6-7-19(22)16-9-10-23-12-18(15)16/h5-8,11,13,23H,4,9-10,12H2,1-3H3. The number of methoxy groups -OCH3 is 1. The molecule has 0 amide bonds. The average Bonchev–Trinajstić information content (AvgIpc) is 2.67. The number of hydrogen-bond donors (Lipinski definition) is 1. The van der Waals surface area contributed by atoms with Gasteiger partial charge in [-0.3, -0.25) is 4.79 Å². The van der Waals surface area contributed by atoms with E-state index in [-0.39, 0.29) is 17.7 Å². The van der Waals surface area contributed by atoms with E-state index >= 15 is 0 Å². The highest BCUT2D eigenvalue weighted by molar-refractivity contribution is 5.81. The molecule has 138 valence electrons. The summed E-state index contributed by atoms with van der Waals surface area (Å²) in [7, 11) is 1.61. The van der Waals surface area contributed by atoms with Crippen LogP contribution in [-0.2, 0) is 22.5 Å². The Morgan fingerprint density at radius 1 is 1.23 bits per heavy atom. The van der Waals surface area contributed by atoms with E-state index in [0.29, 0.717) is 25.3 Å². The van der Waals surface area contributed by atoms with E-state index in [1.165, 1.54) is 6.07 Å². The predicted octanol–water partition coefficient (Wildman–Crippen LogP) is 3.81. The van der Waals surface area contributed by atoms with Crippen molar-refractivity contribution < 1.29 is 18.7 Å². The lowest BCUT2D eigenvalue weighted by atomic mass is 9.89. The lowest BCUT2D eigenvalue weighted by molar-refractivity contribution is -0.144. The van der Waals surface area contributed by atoms with Crippen LogP contribution in [0.15, 0.2) is 30.3 Å². The van der Waals surface area contributed by atoms with Crippen LogP contribution in [0.1, 0.15) is 36.5 Å². The molecule has 1 N–H and O–H groups in total. The van der Waals surface area contributed by atoms with Crippen LogP contribution in [0.25, 0.3) is 11.1 Å². The van der Waals surface area contributed by atoms with Crippen molar-refractivity contribution in [2.75, 3.05) is 20.3 Å². The summed E-state index contributed by atoms with van der Waals surface area (Å²) in [6, 6.07) is 8.98. The first-order valence-electron chi connectivity index (χ1n) is 8.92.